The van der Waals surface area contributed by atoms with Crippen molar-refractivity contribution in [2.75, 3.05) is 6.16 Å². The monoisotopic (exact) mass is 627 g/mol. The smallest absolute Gasteiger partial charge is 0.311 e. The lowest BCUT2D eigenvalue weighted by Crippen LogP contribution is -2.33. The average molecular weight is 628 g/mol. The number of hydrogen-bond donors (Lipinski definition) is 0. The molecule has 0 aliphatic heterocycles. The van der Waals surface area contributed by atoms with Crippen molar-refractivity contribution < 1.29 is 9.53 Å². The van der Waals surface area contributed by atoms with Gasteiger partial charge in [0.25, 0.3) is 0 Å². The quantitative estimate of drug-likeness (QED) is 0.0500. The van der Waals surface area contributed by atoms with Gasteiger partial charge in [-0.1, -0.05) is 118 Å². The molecule has 0 aliphatic carbocycles. The molecule has 236 valence electrons. The molecule has 0 spiro atoms. The zero-order chi connectivity index (χ0) is 32.2. The fourth-order valence-corrected chi connectivity index (χ4v) is 11.0. The van der Waals surface area contributed by atoms with Crippen molar-refractivity contribution in [3.05, 3.63) is 145 Å². The van der Waals surface area contributed by atoms with Crippen LogP contribution in [0.5, 0.6) is 5.75 Å². The van der Waals surface area contributed by atoms with Crippen LogP contribution in [0.3, 0.4) is 0 Å². The molecule has 0 heterocycles. The predicted molar refractivity (Wildman–Crippen MR) is 199 cm³/mol. The first-order valence-corrected chi connectivity index (χ1v) is 18.9. The van der Waals surface area contributed by atoms with E-state index < -0.39 is 7.26 Å². The molecule has 0 amide bonds. The summed E-state index contributed by atoms with van der Waals surface area (Å²) < 4.78 is 5.95. The molecule has 2 nitrogen and oxygen atoms in total. The van der Waals surface area contributed by atoms with Crippen molar-refractivity contribution >= 4 is 29.1 Å². The summed E-state index contributed by atoms with van der Waals surface area (Å²) in [5.41, 5.74) is 4.59. The van der Waals surface area contributed by atoms with Crippen molar-refractivity contribution in [1.82, 2.24) is 0 Å². The van der Waals surface area contributed by atoms with Crippen LogP contribution in [0.2, 0.25) is 0 Å². The van der Waals surface area contributed by atoms with Gasteiger partial charge in [-0.25, -0.2) is 0 Å². The van der Waals surface area contributed by atoms with Crippen LogP contribution in [0.1, 0.15) is 75.8 Å². The number of ether oxygens (including phenoxy) is 1. The van der Waals surface area contributed by atoms with E-state index >= 15 is 0 Å². The van der Waals surface area contributed by atoms with E-state index in [0.717, 1.165) is 36.6 Å². The molecule has 0 aliphatic rings. The molecular weight excluding hydrogens is 579 g/mol. The van der Waals surface area contributed by atoms with Crippen molar-refractivity contribution in [2.45, 2.75) is 71.6 Å². The Morgan fingerprint density at radius 1 is 0.609 bits per heavy atom. The maximum absolute atomic E-state index is 12.9. The number of rotatable bonds is 15. The van der Waals surface area contributed by atoms with E-state index in [-0.39, 0.29) is 11.9 Å². The first-order valence-electron chi connectivity index (χ1n) is 16.9. The van der Waals surface area contributed by atoms with E-state index in [1.54, 1.807) is 0 Å². The van der Waals surface area contributed by atoms with Crippen molar-refractivity contribution in [2.24, 2.45) is 0 Å². The maximum Gasteiger partial charge on any atom is 0.311 e. The molecule has 0 fully saturated rings. The summed E-state index contributed by atoms with van der Waals surface area (Å²) in [5, 5.41) is 4.37. The van der Waals surface area contributed by atoms with Crippen LogP contribution in [-0.2, 0) is 4.79 Å². The summed E-state index contributed by atoms with van der Waals surface area (Å²) in [6.07, 6.45) is 8.25. The molecule has 0 radical (unpaired) electrons. The van der Waals surface area contributed by atoms with E-state index in [2.05, 4.69) is 142 Å². The number of unbranched alkanes of at least 4 members (excludes halogenated alkanes) is 5. The van der Waals surface area contributed by atoms with Gasteiger partial charge in [0.1, 0.15) is 28.9 Å². The van der Waals surface area contributed by atoms with Crippen molar-refractivity contribution in [3.63, 3.8) is 0 Å². The molecule has 3 heteroatoms. The van der Waals surface area contributed by atoms with Gasteiger partial charge in [0.15, 0.2) is 0 Å². The van der Waals surface area contributed by atoms with Gasteiger partial charge in [-0.3, -0.25) is 4.79 Å². The first kappa shape index (κ1) is 33.4. The Balaban J connectivity index is 1.13. The largest absolute Gasteiger partial charge is 0.426 e. The molecule has 0 aromatic heterocycles. The zero-order valence-corrected chi connectivity index (χ0v) is 28.6. The minimum Gasteiger partial charge on any atom is -0.426 e. The maximum atomic E-state index is 12.9. The third-order valence-corrected chi connectivity index (χ3v) is 13.5. The lowest BCUT2D eigenvalue weighted by atomic mass is 9.93. The molecule has 0 atom stereocenters. The van der Waals surface area contributed by atoms with Gasteiger partial charge in [0.05, 0.1) is 6.16 Å². The number of esters is 1. The Morgan fingerprint density at radius 3 is 1.57 bits per heavy atom. The molecule has 0 saturated carbocycles. The molecule has 5 aromatic rings. The fraction of sp³-hybridized carbons (Fsp3) is 0.279. The lowest BCUT2D eigenvalue weighted by Gasteiger charge is -2.27. The molecular formula is C43H48O2P+. The molecule has 0 N–H and O–H groups in total. The van der Waals surface area contributed by atoms with Crippen LogP contribution in [0.4, 0.5) is 0 Å². The number of carbonyl (C=O) groups excluding carboxylic acids is 1. The Kier molecular flexibility index (Phi) is 12.0. The molecule has 0 saturated heterocycles. The van der Waals surface area contributed by atoms with E-state index in [9.17, 15) is 4.79 Å². The summed E-state index contributed by atoms with van der Waals surface area (Å²) in [6.45, 7) is 6.40. The highest BCUT2D eigenvalue weighted by atomic mass is 31.2. The Bertz CT molecular complexity index is 1550. The lowest BCUT2D eigenvalue weighted by molar-refractivity contribution is -0.134. The van der Waals surface area contributed by atoms with Gasteiger partial charge >= 0.3 is 5.97 Å². The number of benzene rings is 5. The number of carbonyl (C=O) groups is 1. The van der Waals surface area contributed by atoms with Crippen LogP contribution < -0.4 is 20.7 Å². The van der Waals surface area contributed by atoms with E-state index in [1.807, 2.05) is 12.1 Å². The van der Waals surface area contributed by atoms with Gasteiger partial charge in [-0.05, 0) is 103 Å². The van der Waals surface area contributed by atoms with Crippen LogP contribution in [0, 0.1) is 6.92 Å². The second-order valence-corrected chi connectivity index (χ2v) is 16.2. The highest BCUT2D eigenvalue weighted by Gasteiger charge is 2.44. The Hall–Kier alpha value is -4.00. The topological polar surface area (TPSA) is 26.3 Å². The third-order valence-electron chi connectivity index (χ3n) is 9.00. The Morgan fingerprint density at radius 2 is 1.07 bits per heavy atom. The first-order chi connectivity index (χ1) is 22.5. The minimum atomic E-state index is -1.76. The zero-order valence-electron chi connectivity index (χ0n) is 27.7. The van der Waals surface area contributed by atoms with Crippen LogP contribution in [0.25, 0.3) is 11.1 Å². The summed E-state index contributed by atoms with van der Waals surface area (Å²) in [6, 6.07) is 48.1. The van der Waals surface area contributed by atoms with Crippen LogP contribution in [-0.4, -0.2) is 12.1 Å². The van der Waals surface area contributed by atoms with Gasteiger partial charge in [0, 0.05) is 6.42 Å². The third kappa shape index (κ3) is 8.23. The van der Waals surface area contributed by atoms with Gasteiger partial charge in [-0.2, -0.15) is 0 Å². The van der Waals surface area contributed by atoms with Crippen LogP contribution >= 0.6 is 7.26 Å². The van der Waals surface area contributed by atoms with Crippen LogP contribution in [0.15, 0.2) is 133 Å². The summed E-state index contributed by atoms with van der Waals surface area (Å²) in [4.78, 5) is 12.9. The number of aryl methyl sites for hydroxylation is 1. The van der Waals surface area contributed by atoms with Gasteiger partial charge < -0.3 is 4.74 Å². The SMILES string of the molecule is Cc1cc(OC(=O)CCCCCCCC[P+](c2ccccc2)(c2ccccc2)c2ccccc2)c(C(C)C)cc1-c1ccccc1. The predicted octanol–water partition coefficient (Wildman–Crippen LogP) is 10.4. The standard InChI is InChI=1S/C43H48O2P/c1-34(2)40-33-41(36-22-12-8-13-23-36)35(3)32-42(40)45-43(44)30-20-6-4-5-7-21-31-46(37-24-14-9-15-25-37,38-26-16-10-17-27-38)39-28-18-11-19-29-39/h8-19,22-29,32-34H,4-7,20-21,30-31H2,1-3H3/q+1. The molecule has 5 rings (SSSR count). The molecule has 0 unspecified atom stereocenters. The average Bonchev–Trinajstić information content (AvgIpc) is 3.09. The van der Waals surface area contributed by atoms with E-state index in [1.165, 1.54) is 46.3 Å². The highest BCUT2D eigenvalue weighted by Crippen LogP contribution is 2.56. The fourth-order valence-electron chi connectivity index (χ4n) is 6.55. The summed E-state index contributed by atoms with van der Waals surface area (Å²) in [5.74, 6) is 0.842. The second-order valence-electron chi connectivity index (χ2n) is 12.6. The number of hydrogen-bond acceptors (Lipinski definition) is 2. The van der Waals surface area contributed by atoms with E-state index in [0.29, 0.717) is 12.2 Å². The van der Waals surface area contributed by atoms with Crippen molar-refractivity contribution in [1.29, 1.82) is 0 Å². The molecule has 46 heavy (non-hydrogen) atoms. The van der Waals surface area contributed by atoms with Gasteiger partial charge in [0.2, 0.25) is 0 Å². The van der Waals surface area contributed by atoms with E-state index in [4.69, 9.17) is 4.74 Å². The normalized spacial score (nSPS) is 11.5. The van der Waals surface area contributed by atoms with Crippen molar-refractivity contribution in [3.8, 4) is 16.9 Å². The summed E-state index contributed by atoms with van der Waals surface area (Å²) >= 11 is 0. The minimum absolute atomic E-state index is 0.128. The molecule has 0 bridgehead atoms. The second kappa shape index (κ2) is 16.5. The Labute approximate surface area is 277 Å². The molecule has 5 aromatic carbocycles. The van der Waals surface area contributed by atoms with Gasteiger partial charge in [-0.15, -0.1) is 0 Å². The summed E-state index contributed by atoms with van der Waals surface area (Å²) in [7, 11) is -1.76. The highest BCUT2D eigenvalue weighted by molar-refractivity contribution is 7.95.